The van der Waals surface area contributed by atoms with Crippen molar-refractivity contribution < 1.29 is 0 Å². The van der Waals surface area contributed by atoms with Crippen LogP contribution in [0.2, 0.25) is 0 Å². The summed E-state index contributed by atoms with van der Waals surface area (Å²) in [5.41, 5.74) is 6.46. The SMILES string of the molecule is C[C@@H]1Cc2c3c(c4c(ccc5ccccc54)c2[C@@H]1C)N(C)[C@@H](C)[C@H]3C. The van der Waals surface area contributed by atoms with E-state index in [2.05, 4.69) is 76.0 Å². The molecule has 0 aromatic heterocycles. The predicted molar refractivity (Wildman–Crippen MR) is 109 cm³/mol. The van der Waals surface area contributed by atoms with Gasteiger partial charge in [0.15, 0.2) is 0 Å². The number of fused-ring (bicyclic) bond motifs is 8. The molecule has 0 N–H and O–H groups in total. The molecule has 5 rings (SSSR count). The molecule has 1 aliphatic heterocycles. The van der Waals surface area contributed by atoms with Crippen LogP contribution in [0.1, 0.15) is 56.2 Å². The van der Waals surface area contributed by atoms with Crippen LogP contribution in [0, 0.1) is 5.92 Å². The molecular weight excluding hydrogens is 302 g/mol. The Morgan fingerprint density at radius 2 is 1.60 bits per heavy atom. The zero-order chi connectivity index (χ0) is 17.5. The van der Waals surface area contributed by atoms with E-state index in [0.717, 1.165) is 5.92 Å². The molecule has 0 saturated carbocycles. The van der Waals surface area contributed by atoms with E-state index in [4.69, 9.17) is 0 Å². The summed E-state index contributed by atoms with van der Waals surface area (Å²) in [4.78, 5) is 2.54. The first kappa shape index (κ1) is 15.3. The summed E-state index contributed by atoms with van der Waals surface area (Å²) >= 11 is 0. The average Bonchev–Trinajstić information content (AvgIpc) is 3.04. The molecule has 3 aromatic carbocycles. The molecule has 0 unspecified atom stereocenters. The molecule has 25 heavy (non-hydrogen) atoms. The van der Waals surface area contributed by atoms with Gasteiger partial charge in [-0.05, 0) is 58.0 Å². The van der Waals surface area contributed by atoms with Gasteiger partial charge in [-0.25, -0.2) is 0 Å². The van der Waals surface area contributed by atoms with Gasteiger partial charge in [-0.15, -0.1) is 0 Å². The largest absolute Gasteiger partial charge is 0.371 e. The molecular formula is C24H27N. The molecule has 1 heterocycles. The quantitative estimate of drug-likeness (QED) is 0.442. The van der Waals surface area contributed by atoms with Crippen molar-refractivity contribution in [3.05, 3.63) is 53.1 Å². The molecule has 0 amide bonds. The summed E-state index contributed by atoms with van der Waals surface area (Å²) < 4.78 is 0. The van der Waals surface area contributed by atoms with Crippen LogP contribution in [0.3, 0.4) is 0 Å². The zero-order valence-electron chi connectivity index (χ0n) is 15.9. The van der Waals surface area contributed by atoms with Crippen molar-refractivity contribution in [1.29, 1.82) is 0 Å². The minimum Gasteiger partial charge on any atom is -0.371 e. The van der Waals surface area contributed by atoms with Crippen LogP contribution in [0.4, 0.5) is 5.69 Å². The first-order valence-corrected chi connectivity index (χ1v) is 9.73. The Kier molecular flexibility index (Phi) is 3.05. The van der Waals surface area contributed by atoms with E-state index >= 15 is 0 Å². The fourth-order valence-electron chi connectivity index (χ4n) is 5.50. The maximum absolute atomic E-state index is 2.54. The third-order valence-electron chi connectivity index (χ3n) is 7.34. The van der Waals surface area contributed by atoms with Gasteiger partial charge in [0.05, 0.1) is 0 Å². The summed E-state index contributed by atoms with van der Waals surface area (Å²) in [6.07, 6.45) is 1.24. The van der Waals surface area contributed by atoms with Gasteiger partial charge < -0.3 is 4.90 Å². The predicted octanol–water partition coefficient (Wildman–Crippen LogP) is 6.23. The molecule has 1 heteroatoms. The van der Waals surface area contributed by atoms with E-state index in [0.29, 0.717) is 17.9 Å². The number of likely N-dealkylation sites (N-methyl/N-ethyl adjacent to an activating group) is 1. The number of anilines is 1. The van der Waals surface area contributed by atoms with Crippen molar-refractivity contribution in [2.24, 2.45) is 5.92 Å². The van der Waals surface area contributed by atoms with Crippen molar-refractivity contribution >= 4 is 27.2 Å². The Morgan fingerprint density at radius 3 is 2.40 bits per heavy atom. The fraction of sp³-hybridized carbons (Fsp3) is 0.417. The van der Waals surface area contributed by atoms with Gasteiger partial charge >= 0.3 is 0 Å². The molecule has 0 spiro atoms. The Hall–Kier alpha value is -2.02. The fourth-order valence-corrected chi connectivity index (χ4v) is 5.50. The number of benzene rings is 3. The molecule has 0 fully saturated rings. The Labute approximate surface area is 150 Å². The van der Waals surface area contributed by atoms with E-state index in [9.17, 15) is 0 Å². The van der Waals surface area contributed by atoms with Gasteiger partial charge in [0.1, 0.15) is 0 Å². The first-order chi connectivity index (χ1) is 12.0. The van der Waals surface area contributed by atoms with Crippen molar-refractivity contribution in [3.63, 3.8) is 0 Å². The number of rotatable bonds is 0. The standard InChI is InChI=1S/C24H27N/c1-13-12-20-21(14(13)2)19-11-10-17-8-6-7-9-18(17)23(19)24-22(20)15(3)16(4)25(24)5/h6-11,13-16H,12H2,1-5H3/t13-,14-,15-,16+/m1/s1. The molecule has 128 valence electrons. The summed E-state index contributed by atoms with van der Waals surface area (Å²) in [5.74, 6) is 2.00. The minimum absolute atomic E-state index is 0.565. The van der Waals surface area contributed by atoms with E-state index in [1.54, 1.807) is 16.7 Å². The molecule has 4 atom stereocenters. The number of nitrogens with zero attached hydrogens (tertiary/aromatic N) is 1. The van der Waals surface area contributed by atoms with Crippen LogP contribution in [0.15, 0.2) is 36.4 Å². The lowest BCUT2D eigenvalue weighted by Gasteiger charge is -2.23. The first-order valence-electron chi connectivity index (χ1n) is 9.73. The second kappa shape index (κ2) is 5.00. The van der Waals surface area contributed by atoms with E-state index in [1.165, 1.54) is 33.7 Å². The van der Waals surface area contributed by atoms with E-state index < -0.39 is 0 Å². The lowest BCUT2D eigenvalue weighted by Crippen LogP contribution is -2.26. The van der Waals surface area contributed by atoms with Gasteiger partial charge in [-0.3, -0.25) is 0 Å². The Morgan fingerprint density at radius 1 is 0.840 bits per heavy atom. The lowest BCUT2D eigenvalue weighted by atomic mass is 9.85. The van der Waals surface area contributed by atoms with Crippen LogP contribution in [-0.4, -0.2) is 13.1 Å². The molecule has 0 saturated heterocycles. The summed E-state index contributed by atoms with van der Waals surface area (Å²) in [5, 5.41) is 5.76. The van der Waals surface area contributed by atoms with Crippen LogP contribution in [0.5, 0.6) is 0 Å². The maximum Gasteiger partial charge on any atom is 0.0491 e. The zero-order valence-corrected chi connectivity index (χ0v) is 15.9. The molecule has 1 nitrogen and oxygen atoms in total. The van der Waals surface area contributed by atoms with Gasteiger partial charge in [-0.1, -0.05) is 57.2 Å². The molecule has 0 bridgehead atoms. The van der Waals surface area contributed by atoms with Crippen molar-refractivity contribution in [1.82, 2.24) is 0 Å². The average molecular weight is 329 g/mol. The van der Waals surface area contributed by atoms with Gasteiger partial charge in [-0.2, -0.15) is 0 Å². The van der Waals surface area contributed by atoms with E-state index in [1.807, 2.05) is 0 Å². The van der Waals surface area contributed by atoms with Gasteiger partial charge in [0, 0.05) is 30.1 Å². The number of hydrogen-bond acceptors (Lipinski definition) is 1. The highest BCUT2D eigenvalue weighted by atomic mass is 15.2. The summed E-state index contributed by atoms with van der Waals surface area (Å²) in [6.45, 7) is 9.68. The smallest absolute Gasteiger partial charge is 0.0491 e. The Bertz CT molecular complexity index is 1020. The summed E-state index contributed by atoms with van der Waals surface area (Å²) in [7, 11) is 2.29. The van der Waals surface area contributed by atoms with Crippen LogP contribution in [0.25, 0.3) is 21.5 Å². The minimum atomic E-state index is 0.565. The van der Waals surface area contributed by atoms with E-state index in [-0.39, 0.29) is 0 Å². The monoisotopic (exact) mass is 329 g/mol. The normalized spacial score (nSPS) is 28.0. The molecule has 3 aromatic rings. The molecule has 0 radical (unpaired) electrons. The van der Waals surface area contributed by atoms with Gasteiger partial charge in [0.2, 0.25) is 0 Å². The maximum atomic E-state index is 2.54. The van der Waals surface area contributed by atoms with Crippen LogP contribution < -0.4 is 4.90 Å². The van der Waals surface area contributed by atoms with Crippen molar-refractivity contribution in [2.45, 2.75) is 52.0 Å². The third-order valence-corrected chi connectivity index (χ3v) is 7.34. The highest BCUT2D eigenvalue weighted by Crippen LogP contribution is 2.54. The molecule has 1 aliphatic carbocycles. The highest BCUT2D eigenvalue weighted by molar-refractivity contribution is 6.16. The highest BCUT2D eigenvalue weighted by Gasteiger charge is 2.40. The number of hydrogen-bond donors (Lipinski definition) is 0. The van der Waals surface area contributed by atoms with Crippen molar-refractivity contribution in [2.75, 3.05) is 11.9 Å². The van der Waals surface area contributed by atoms with Crippen LogP contribution in [-0.2, 0) is 6.42 Å². The van der Waals surface area contributed by atoms with Crippen LogP contribution >= 0.6 is 0 Å². The second-order valence-corrected chi connectivity index (χ2v) is 8.47. The topological polar surface area (TPSA) is 3.24 Å². The summed E-state index contributed by atoms with van der Waals surface area (Å²) in [6, 6.07) is 14.2. The molecule has 2 aliphatic rings. The lowest BCUT2D eigenvalue weighted by molar-refractivity contribution is 0.532. The van der Waals surface area contributed by atoms with Gasteiger partial charge in [0.25, 0.3) is 0 Å². The van der Waals surface area contributed by atoms with Crippen molar-refractivity contribution in [3.8, 4) is 0 Å². The Balaban J connectivity index is 2.04. The second-order valence-electron chi connectivity index (χ2n) is 8.47. The third kappa shape index (κ3) is 1.79.